The van der Waals surface area contributed by atoms with Crippen LogP contribution in [0.25, 0.3) is 0 Å². The molecule has 2 rings (SSSR count). The third-order valence-electron chi connectivity index (χ3n) is 4.44. The number of aliphatic imine (C=N–C) groups is 1. The normalized spacial score (nSPS) is 32.6. The van der Waals surface area contributed by atoms with E-state index in [2.05, 4.69) is 31.2 Å². The SMILES string of the molecule is C=C1N=C(N)C(CC)=CN1[C@@H]1O[C@H](C(C)CP(=C)(C)C)[C@@H](O)[C@H]1O. The number of hydrogen-bond donors (Lipinski definition) is 3. The summed E-state index contributed by atoms with van der Waals surface area (Å²) in [6.45, 7) is 10.9. The van der Waals surface area contributed by atoms with Gasteiger partial charge in [-0.15, -0.1) is 13.2 Å². The first-order chi connectivity index (χ1) is 11.0. The van der Waals surface area contributed by atoms with Crippen molar-refractivity contribution in [1.82, 2.24) is 4.90 Å². The van der Waals surface area contributed by atoms with Crippen LogP contribution in [-0.2, 0) is 4.74 Å². The van der Waals surface area contributed by atoms with E-state index < -0.39 is 31.4 Å². The Hall–Kier alpha value is -1.07. The first-order valence-corrected chi connectivity index (χ1v) is 11.3. The molecule has 1 unspecified atom stereocenters. The van der Waals surface area contributed by atoms with Gasteiger partial charge in [0.25, 0.3) is 0 Å². The Morgan fingerprint density at radius 1 is 1.42 bits per heavy atom. The number of ether oxygens (including phenoxy) is 1. The quantitative estimate of drug-likeness (QED) is 0.645. The standard InChI is InChI=1S/C17H30N3O3P/c1-7-12-8-20(11(3)19-16(12)18)17-14(22)13(21)15(23-17)10(2)9-24(4,5)6/h8,10,13-15,17,21-22H,3-4,7,9H2,1-2,5-6H3,(H2,18,19)/t10?,13-,14+,15+,17+/m0/s1. The van der Waals surface area contributed by atoms with E-state index in [1.54, 1.807) is 11.1 Å². The van der Waals surface area contributed by atoms with E-state index in [9.17, 15) is 10.2 Å². The molecule has 0 amide bonds. The van der Waals surface area contributed by atoms with Crippen molar-refractivity contribution in [3.05, 3.63) is 24.2 Å². The molecule has 0 aliphatic carbocycles. The first-order valence-electron chi connectivity index (χ1n) is 8.26. The van der Waals surface area contributed by atoms with Gasteiger partial charge in [0, 0.05) is 11.8 Å². The average molecular weight is 355 g/mol. The highest BCUT2D eigenvalue weighted by Crippen LogP contribution is 2.41. The molecule has 0 radical (unpaired) electrons. The second-order valence-corrected chi connectivity index (χ2v) is 11.6. The Morgan fingerprint density at radius 2 is 2.04 bits per heavy atom. The minimum Gasteiger partial charge on any atom is -0.388 e. The summed E-state index contributed by atoms with van der Waals surface area (Å²) in [6, 6.07) is 0. The molecule has 0 aromatic carbocycles. The van der Waals surface area contributed by atoms with E-state index in [0.717, 1.165) is 11.7 Å². The van der Waals surface area contributed by atoms with Gasteiger partial charge in [-0.2, -0.15) is 0 Å². The summed E-state index contributed by atoms with van der Waals surface area (Å²) in [6.07, 6.45) is 4.47. The number of rotatable bonds is 5. The summed E-state index contributed by atoms with van der Waals surface area (Å²) in [7, 11) is 0. The van der Waals surface area contributed by atoms with Gasteiger partial charge in [0.1, 0.15) is 23.9 Å². The molecule has 6 nitrogen and oxygen atoms in total. The lowest BCUT2D eigenvalue weighted by molar-refractivity contribution is -0.0682. The molecule has 0 aromatic heterocycles. The molecular formula is C17H30N3O3P. The molecule has 24 heavy (non-hydrogen) atoms. The van der Waals surface area contributed by atoms with E-state index in [-0.39, 0.29) is 5.92 Å². The maximum absolute atomic E-state index is 10.5. The maximum Gasteiger partial charge on any atom is 0.164 e. The molecule has 0 bridgehead atoms. The number of aliphatic hydroxyl groups is 2. The van der Waals surface area contributed by atoms with E-state index in [0.29, 0.717) is 18.1 Å². The number of hydrogen-bond acceptors (Lipinski definition) is 6. The molecule has 0 spiro atoms. The van der Waals surface area contributed by atoms with Gasteiger partial charge >= 0.3 is 0 Å². The number of aliphatic hydroxyl groups excluding tert-OH is 2. The third-order valence-corrected chi connectivity index (χ3v) is 6.01. The molecule has 0 aromatic rings. The van der Waals surface area contributed by atoms with Crippen molar-refractivity contribution in [3.8, 4) is 0 Å². The number of nitrogens with two attached hydrogens (primary N) is 1. The molecule has 0 saturated carbocycles. The molecule has 4 N–H and O–H groups in total. The summed E-state index contributed by atoms with van der Waals surface area (Å²) >= 11 is 0. The van der Waals surface area contributed by atoms with Crippen LogP contribution in [0.4, 0.5) is 0 Å². The second kappa shape index (κ2) is 7.04. The third kappa shape index (κ3) is 3.94. The van der Waals surface area contributed by atoms with Crippen LogP contribution in [0.3, 0.4) is 0 Å². The van der Waals surface area contributed by atoms with Crippen molar-refractivity contribution in [2.24, 2.45) is 16.6 Å². The van der Waals surface area contributed by atoms with Crippen LogP contribution in [0.1, 0.15) is 20.3 Å². The zero-order chi connectivity index (χ0) is 18.2. The Morgan fingerprint density at radius 3 is 2.58 bits per heavy atom. The van der Waals surface area contributed by atoms with Gasteiger partial charge in [0.2, 0.25) is 0 Å². The summed E-state index contributed by atoms with van der Waals surface area (Å²) < 4.78 is 6.03. The summed E-state index contributed by atoms with van der Waals surface area (Å²) in [5.41, 5.74) is 6.74. The fourth-order valence-electron chi connectivity index (χ4n) is 3.34. The highest BCUT2D eigenvalue weighted by Gasteiger charge is 2.48. The van der Waals surface area contributed by atoms with Gasteiger partial charge in [-0.25, -0.2) is 4.99 Å². The van der Waals surface area contributed by atoms with Crippen molar-refractivity contribution in [2.45, 2.75) is 44.8 Å². The lowest BCUT2D eigenvalue weighted by atomic mass is 10.00. The van der Waals surface area contributed by atoms with E-state index >= 15 is 0 Å². The van der Waals surface area contributed by atoms with Crippen LogP contribution in [0, 0.1) is 5.92 Å². The van der Waals surface area contributed by atoms with Crippen LogP contribution >= 0.6 is 6.89 Å². The molecule has 136 valence electrons. The van der Waals surface area contributed by atoms with E-state index in [1.807, 2.05) is 13.8 Å². The predicted octanol–water partition coefficient (Wildman–Crippen LogP) is 1.22. The minimum absolute atomic E-state index is 0.0988. The molecule has 7 heteroatoms. The van der Waals surface area contributed by atoms with Crippen molar-refractivity contribution in [1.29, 1.82) is 0 Å². The predicted molar refractivity (Wildman–Crippen MR) is 102 cm³/mol. The topological polar surface area (TPSA) is 91.3 Å². The smallest absolute Gasteiger partial charge is 0.164 e. The lowest BCUT2D eigenvalue weighted by Crippen LogP contribution is -2.42. The van der Waals surface area contributed by atoms with Crippen LogP contribution in [0.5, 0.6) is 0 Å². The Balaban J connectivity index is 2.19. The summed E-state index contributed by atoms with van der Waals surface area (Å²) in [5, 5.41) is 21.0. The second-order valence-electron chi connectivity index (χ2n) is 7.40. The lowest BCUT2D eigenvalue weighted by Gasteiger charge is -2.32. The van der Waals surface area contributed by atoms with Gasteiger partial charge < -0.3 is 25.6 Å². The summed E-state index contributed by atoms with van der Waals surface area (Å²) in [4.78, 5) is 5.90. The van der Waals surface area contributed by atoms with Gasteiger partial charge in [-0.1, -0.05) is 20.4 Å². The first kappa shape index (κ1) is 19.3. The molecule has 1 saturated heterocycles. The van der Waals surface area contributed by atoms with Crippen molar-refractivity contribution < 1.29 is 14.9 Å². The molecule has 2 aliphatic heterocycles. The minimum atomic E-state index is -1.26. The molecule has 2 heterocycles. The largest absolute Gasteiger partial charge is 0.388 e. The van der Waals surface area contributed by atoms with Gasteiger partial charge in [0.05, 0.1) is 6.10 Å². The summed E-state index contributed by atoms with van der Waals surface area (Å²) in [5.74, 6) is 0.932. The van der Waals surface area contributed by atoms with Crippen LogP contribution in [0.15, 0.2) is 29.2 Å². The Bertz CT molecular complexity index is 610. The zero-order valence-corrected chi connectivity index (χ0v) is 15.9. The van der Waals surface area contributed by atoms with Gasteiger partial charge in [0.15, 0.2) is 6.23 Å². The monoisotopic (exact) mass is 355 g/mol. The highest BCUT2D eigenvalue weighted by atomic mass is 31.2. The van der Waals surface area contributed by atoms with Crippen molar-refractivity contribution >= 4 is 19.0 Å². The Kier molecular flexibility index (Phi) is 5.65. The molecular weight excluding hydrogens is 325 g/mol. The maximum atomic E-state index is 10.5. The van der Waals surface area contributed by atoms with Crippen molar-refractivity contribution in [2.75, 3.05) is 19.5 Å². The van der Waals surface area contributed by atoms with Crippen LogP contribution in [-0.4, -0.2) is 71.3 Å². The molecule has 2 aliphatic rings. The average Bonchev–Trinajstić information content (AvgIpc) is 2.74. The highest BCUT2D eigenvalue weighted by molar-refractivity contribution is 7.72. The number of amidine groups is 1. The van der Waals surface area contributed by atoms with E-state index in [4.69, 9.17) is 10.5 Å². The fraction of sp³-hybridized carbons (Fsp3) is 0.647. The van der Waals surface area contributed by atoms with Gasteiger partial charge in [-0.05, 0) is 31.8 Å². The van der Waals surface area contributed by atoms with Crippen LogP contribution in [0.2, 0.25) is 0 Å². The molecule has 1 fully saturated rings. The van der Waals surface area contributed by atoms with Crippen LogP contribution < -0.4 is 5.73 Å². The molecule has 5 atom stereocenters. The fourth-order valence-corrected chi connectivity index (χ4v) is 5.11. The number of nitrogens with zero attached hydrogens (tertiary/aromatic N) is 2. The van der Waals surface area contributed by atoms with Gasteiger partial charge in [-0.3, -0.25) is 0 Å². The van der Waals surface area contributed by atoms with E-state index in [1.165, 1.54) is 0 Å². The van der Waals surface area contributed by atoms with Crippen molar-refractivity contribution in [3.63, 3.8) is 0 Å². The Labute approximate surface area is 144 Å². The zero-order valence-electron chi connectivity index (χ0n) is 15.0.